The Morgan fingerprint density at radius 1 is 1.06 bits per heavy atom. The molecule has 3 aromatic rings. The van der Waals surface area contributed by atoms with Crippen LogP contribution in [0.3, 0.4) is 0 Å². The number of carbonyl (C=O) groups is 2. The number of fused-ring (bicyclic) bond motifs is 1. The SMILES string of the molecule is CC1(C)CC(=O)C2=C(C1)Nc1ccccc1N(CC(=O)Oc1ccccc1)C2c1ccco1. The topological polar surface area (TPSA) is 71.8 Å². The van der Waals surface area contributed by atoms with Crippen molar-refractivity contribution in [3.63, 3.8) is 0 Å². The second kappa shape index (κ2) is 8.28. The van der Waals surface area contributed by atoms with E-state index in [-0.39, 0.29) is 17.7 Å². The number of allylic oxidation sites excluding steroid dienone is 1. The van der Waals surface area contributed by atoms with E-state index in [9.17, 15) is 9.59 Å². The number of rotatable bonds is 4. The smallest absolute Gasteiger partial charge is 0.330 e. The Kier molecular flexibility index (Phi) is 5.29. The highest BCUT2D eigenvalue weighted by Gasteiger charge is 2.43. The number of anilines is 2. The lowest BCUT2D eigenvalue weighted by molar-refractivity contribution is -0.133. The average molecular weight is 443 g/mol. The number of nitrogens with one attached hydrogen (secondary N) is 1. The zero-order chi connectivity index (χ0) is 23.0. The van der Waals surface area contributed by atoms with Gasteiger partial charge in [0.1, 0.15) is 24.1 Å². The van der Waals surface area contributed by atoms with Crippen LogP contribution >= 0.6 is 0 Å². The zero-order valence-electron chi connectivity index (χ0n) is 18.7. The van der Waals surface area contributed by atoms with Gasteiger partial charge in [0.15, 0.2) is 5.78 Å². The Labute approximate surface area is 192 Å². The van der Waals surface area contributed by atoms with Crippen molar-refractivity contribution < 1.29 is 18.7 Å². The molecule has 0 radical (unpaired) electrons. The van der Waals surface area contributed by atoms with E-state index in [1.807, 2.05) is 53.4 Å². The molecule has 0 amide bonds. The molecule has 1 N–H and O–H groups in total. The van der Waals surface area contributed by atoms with Crippen molar-refractivity contribution in [3.05, 3.63) is 90.0 Å². The minimum Gasteiger partial charge on any atom is -0.467 e. The Morgan fingerprint density at radius 2 is 1.82 bits per heavy atom. The Balaban J connectivity index is 1.61. The van der Waals surface area contributed by atoms with Gasteiger partial charge >= 0.3 is 5.97 Å². The summed E-state index contributed by atoms with van der Waals surface area (Å²) >= 11 is 0. The van der Waals surface area contributed by atoms with Gasteiger partial charge in [-0.3, -0.25) is 4.79 Å². The fraction of sp³-hybridized carbons (Fsp3) is 0.259. The molecule has 2 heterocycles. The van der Waals surface area contributed by atoms with E-state index < -0.39 is 12.0 Å². The quantitative estimate of drug-likeness (QED) is 0.425. The maximum Gasteiger partial charge on any atom is 0.330 e. The first-order valence-corrected chi connectivity index (χ1v) is 11.1. The summed E-state index contributed by atoms with van der Waals surface area (Å²) in [4.78, 5) is 28.4. The van der Waals surface area contributed by atoms with E-state index in [0.29, 0.717) is 23.5 Å². The largest absolute Gasteiger partial charge is 0.467 e. The molecule has 0 saturated carbocycles. The van der Waals surface area contributed by atoms with Crippen molar-refractivity contribution in [3.8, 4) is 5.75 Å². The molecule has 0 saturated heterocycles. The van der Waals surface area contributed by atoms with Gasteiger partial charge in [0.2, 0.25) is 0 Å². The number of benzene rings is 2. The lowest BCUT2D eigenvalue weighted by atomic mass is 9.74. The van der Waals surface area contributed by atoms with Gasteiger partial charge in [0.25, 0.3) is 0 Å². The van der Waals surface area contributed by atoms with Crippen molar-refractivity contribution >= 4 is 23.1 Å². The standard InChI is InChI=1S/C27H26N2O4/c1-27(2)15-20-25(22(30)16-27)26(23-13-8-14-32-23)29(21-12-7-6-11-19(21)28-20)17-24(31)33-18-9-4-3-5-10-18/h3-14,26,28H,15-17H2,1-2H3. The normalized spacial score (nSPS) is 19.3. The monoisotopic (exact) mass is 442 g/mol. The second-order valence-corrected chi connectivity index (χ2v) is 9.31. The number of carbonyl (C=O) groups excluding carboxylic acids is 2. The van der Waals surface area contributed by atoms with Gasteiger partial charge in [-0.25, -0.2) is 4.79 Å². The molecule has 0 spiro atoms. The minimum absolute atomic E-state index is 0.0492. The van der Waals surface area contributed by atoms with Gasteiger partial charge < -0.3 is 19.4 Å². The predicted octanol–water partition coefficient (Wildman–Crippen LogP) is 5.50. The highest BCUT2D eigenvalue weighted by molar-refractivity contribution is 6.01. The molecule has 0 fully saturated rings. The number of para-hydroxylation sites is 3. The molecule has 2 aliphatic rings. The molecule has 1 aliphatic carbocycles. The number of hydrogen-bond acceptors (Lipinski definition) is 6. The van der Waals surface area contributed by atoms with Crippen LogP contribution in [0, 0.1) is 5.41 Å². The molecule has 1 aliphatic heterocycles. The van der Waals surface area contributed by atoms with Crippen LogP contribution in [-0.4, -0.2) is 18.3 Å². The Hall–Kier alpha value is -3.80. The highest BCUT2D eigenvalue weighted by atomic mass is 16.5. The molecule has 2 aromatic carbocycles. The number of nitrogens with zero attached hydrogens (tertiary/aromatic N) is 1. The van der Waals surface area contributed by atoms with Gasteiger partial charge in [-0.15, -0.1) is 0 Å². The summed E-state index contributed by atoms with van der Waals surface area (Å²) in [6, 6.07) is 19.9. The number of hydrogen-bond donors (Lipinski definition) is 1. The summed E-state index contributed by atoms with van der Waals surface area (Å²) in [7, 11) is 0. The first-order valence-electron chi connectivity index (χ1n) is 11.1. The van der Waals surface area contributed by atoms with Gasteiger partial charge in [0, 0.05) is 17.7 Å². The predicted molar refractivity (Wildman–Crippen MR) is 126 cm³/mol. The average Bonchev–Trinajstić information content (AvgIpc) is 3.26. The number of Topliss-reactive ketones (excluding diaryl/α,β-unsaturated/α-hetero) is 1. The molecular weight excluding hydrogens is 416 g/mol. The first-order chi connectivity index (χ1) is 15.9. The first kappa shape index (κ1) is 21.1. The summed E-state index contributed by atoms with van der Waals surface area (Å²) in [6.07, 6.45) is 2.75. The maximum atomic E-state index is 13.5. The lowest BCUT2D eigenvalue weighted by Gasteiger charge is -2.36. The van der Waals surface area contributed by atoms with Gasteiger partial charge in [-0.1, -0.05) is 44.2 Å². The van der Waals surface area contributed by atoms with Crippen molar-refractivity contribution in [1.29, 1.82) is 0 Å². The van der Waals surface area contributed by atoms with Gasteiger partial charge in [-0.2, -0.15) is 0 Å². The highest BCUT2D eigenvalue weighted by Crippen LogP contribution is 2.48. The summed E-state index contributed by atoms with van der Waals surface area (Å²) in [5.74, 6) is 0.736. The van der Waals surface area contributed by atoms with E-state index in [0.717, 1.165) is 23.5 Å². The molecule has 33 heavy (non-hydrogen) atoms. The number of ketones is 1. The minimum atomic E-state index is -0.543. The van der Waals surface area contributed by atoms with E-state index in [4.69, 9.17) is 9.15 Å². The van der Waals surface area contributed by atoms with Crippen LogP contribution in [0.15, 0.2) is 88.7 Å². The van der Waals surface area contributed by atoms with Gasteiger partial charge in [0.05, 0.1) is 17.6 Å². The van der Waals surface area contributed by atoms with E-state index in [1.54, 1.807) is 24.5 Å². The van der Waals surface area contributed by atoms with Gasteiger partial charge in [-0.05, 0) is 48.2 Å². The van der Waals surface area contributed by atoms with Crippen LogP contribution in [0.1, 0.15) is 38.5 Å². The fourth-order valence-corrected chi connectivity index (χ4v) is 4.76. The van der Waals surface area contributed by atoms with Crippen LogP contribution in [0.2, 0.25) is 0 Å². The Morgan fingerprint density at radius 3 is 2.58 bits per heavy atom. The third kappa shape index (κ3) is 4.16. The van der Waals surface area contributed by atoms with E-state index in [1.165, 1.54) is 0 Å². The van der Waals surface area contributed by atoms with Crippen molar-refractivity contribution in [2.24, 2.45) is 5.41 Å². The van der Waals surface area contributed by atoms with Crippen molar-refractivity contribution in [2.45, 2.75) is 32.7 Å². The summed E-state index contributed by atoms with van der Waals surface area (Å²) in [5, 5.41) is 3.52. The number of esters is 1. The molecule has 1 atom stereocenters. The number of furan rings is 1. The molecule has 5 rings (SSSR count). The molecule has 168 valence electrons. The summed E-state index contributed by atoms with van der Waals surface area (Å²) < 4.78 is 11.4. The third-order valence-corrected chi connectivity index (χ3v) is 6.09. The molecular formula is C27H26N2O4. The van der Waals surface area contributed by atoms with Crippen LogP contribution in [0.25, 0.3) is 0 Å². The van der Waals surface area contributed by atoms with Crippen molar-refractivity contribution in [1.82, 2.24) is 0 Å². The molecule has 0 bridgehead atoms. The van der Waals surface area contributed by atoms with Crippen molar-refractivity contribution in [2.75, 3.05) is 16.8 Å². The molecule has 1 unspecified atom stereocenters. The van der Waals surface area contributed by atoms with E-state index >= 15 is 0 Å². The number of ether oxygens (including phenoxy) is 1. The summed E-state index contributed by atoms with van der Waals surface area (Å²) in [5.41, 5.74) is 3.02. The van der Waals surface area contributed by atoms with Crippen LogP contribution in [-0.2, 0) is 9.59 Å². The molecule has 1 aromatic heterocycles. The lowest BCUT2D eigenvalue weighted by Crippen LogP contribution is -2.39. The van der Waals surface area contributed by atoms with Crippen LogP contribution in [0.4, 0.5) is 11.4 Å². The zero-order valence-corrected chi connectivity index (χ0v) is 18.7. The summed E-state index contributed by atoms with van der Waals surface area (Å²) in [6.45, 7) is 4.15. The van der Waals surface area contributed by atoms with Crippen LogP contribution < -0.4 is 15.0 Å². The molecule has 6 nitrogen and oxygen atoms in total. The third-order valence-electron chi connectivity index (χ3n) is 6.09. The maximum absolute atomic E-state index is 13.5. The van der Waals surface area contributed by atoms with E-state index in [2.05, 4.69) is 19.2 Å². The fourth-order valence-electron chi connectivity index (χ4n) is 4.76. The second-order valence-electron chi connectivity index (χ2n) is 9.31. The molecule has 6 heteroatoms. The van der Waals surface area contributed by atoms with Crippen LogP contribution in [0.5, 0.6) is 5.75 Å². The Bertz CT molecular complexity index is 1210.